The maximum absolute atomic E-state index is 12.7. The highest BCUT2D eigenvalue weighted by Crippen LogP contribution is 2.46. The number of carbonyl (C=O) groups excluding carboxylic acids is 2. The van der Waals surface area contributed by atoms with Crippen LogP contribution in [0.5, 0.6) is 0 Å². The van der Waals surface area contributed by atoms with Crippen molar-refractivity contribution in [2.24, 2.45) is 4.99 Å². The number of hydrogen-bond acceptors (Lipinski definition) is 7. The van der Waals surface area contributed by atoms with Crippen molar-refractivity contribution in [3.05, 3.63) is 57.2 Å². The second kappa shape index (κ2) is 9.46. The van der Waals surface area contributed by atoms with Gasteiger partial charge in [0.1, 0.15) is 0 Å². The minimum absolute atomic E-state index is 0.0791. The maximum atomic E-state index is 12.7. The first-order chi connectivity index (χ1) is 15.0. The first-order valence-corrected chi connectivity index (χ1v) is 11.4. The number of halogens is 1. The van der Waals surface area contributed by atoms with Gasteiger partial charge in [-0.1, -0.05) is 41.6 Å². The third kappa shape index (κ3) is 4.51. The number of aliphatic imine (C=N–C) groups is 1. The number of rotatable bonds is 6. The molecule has 1 fully saturated rings. The van der Waals surface area contributed by atoms with Gasteiger partial charge in [-0.2, -0.15) is 0 Å². The zero-order chi connectivity index (χ0) is 22.0. The average Bonchev–Trinajstić information content (AvgIpc) is 3.41. The number of methoxy groups -OCH3 is 1. The van der Waals surface area contributed by atoms with E-state index in [2.05, 4.69) is 10.3 Å². The summed E-state index contributed by atoms with van der Waals surface area (Å²) in [7, 11) is 1.35. The lowest BCUT2D eigenvalue weighted by Crippen LogP contribution is -2.38. The highest BCUT2D eigenvalue weighted by atomic mass is 35.5. The lowest BCUT2D eigenvalue weighted by Gasteiger charge is -2.36. The van der Waals surface area contributed by atoms with E-state index in [9.17, 15) is 9.59 Å². The van der Waals surface area contributed by atoms with Crippen molar-refractivity contribution in [2.45, 2.75) is 38.3 Å². The van der Waals surface area contributed by atoms with Crippen molar-refractivity contribution in [1.82, 2.24) is 10.2 Å². The fourth-order valence-corrected chi connectivity index (χ4v) is 5.20. The minimum Gasteiger partial charge on any atom is -0.466 e. The van der Waals surface area contributed by atoms with Crippen molar-refractivity contribution < 1.29 is 19.1 Å². The molecule has 1 N–H and O–H groups in total. The molecule has 0 aromatic heterocycles. The predicted molar refractivity (Wildman–Crippen MR) is 120 cm³/mol. The van der Waals surface area contributed by atoms with Gasteiger partial charge in [-0.15, -0.1) is 0 Å². The van der Waals surface area contributed by atoms with Gasteiger partial charge in [-0.25, -0.2) is 9.79 Å². The molecule has 2 unspecified atom stereocenters. The van der Waals surface area contributed by atoms with Crippen LogP contribution in [0.3, 0.4) is 0 Å². The molecule has 7 nitrogen and oxygen atoms in total. The summed E-state index contributed by atoms with van der Waals surface area (Å²) in [5.74, 6) is -0.572. The number of ether oxygens (including phenoxy) is 2. The van der Waals surface area contributed by atoms with Crippen LogP contribution in [0.25, 0.3) is 0 Å². The molecule has 2 atom stereocenters. The Labute approximate surface area is 190 Å². The lowest BCUT2D eigenvalue weighted by atomic mass is 9.94. The SMILES string of the molecule is COC(=O)C1=C(C)N=C2SC=C(CC(=O)NCC3CCCO3)N2C1c1ccccc1Cl. The Morgan fingerprint density at radius 1 is 1.39 bits per heavy atom. The second-order valence-corrected chi connectivity index (χ2v) is 8.77. The smallest absolute Gasteiger partial charge is 0.338 e. The summed E-state index contributed by atoms with van der Waals surface area (Å²) in [5, 5.41) is 6.10. The summed E-state index contributed by atoms with van der Waals surface area (Å²) in [6, 6.07) is 6.85. The van der Waals surface area contributed by atoms with Crippen LogP contribution >= 0.6 is 23.4 Å². The van der Waals surface area contributed by atoms with Crippen LogP contribution in [0.2, 0.25) is 5.02 Å². The zero-order valence-electron chi connectivity index (χ0n) is 17.4. The molecule has 1 amide bonds. The van der Waals surface area contributed by atoms with Crippen molar-refractivity contribution in [3.63, 3.8) is 0 Å². The van der Waals surface area contributed by atoms with Gasteiger partial charge < -0.3 is 19.7 Å². The highest BCUT2D eigenvalue weighted by molar-refractivity contribution is 8.16. The van der Waals surface area contributed by atoms with E-state index in [1.54, 1.807) is 13.0 Å². The van der Waals surface area contributed by atoms with Gasteiger partial charge in [0, 0.05) is 23.9 Å². The number of esters is 1. The van der Waals surface area contributed by atoms with Crippen LogP contribution in [0.1, 0.15) is 37.8 Å². The van der Waals surface area contributed by atoms with Gasteiger partial charge in [-0.3, -0.25) is 4.79 Å². The Kier molecular flexibility index (Phi) is 6.69. The first kappa shape index (κ1) is 21.9. The van der Waals surface area contributed by atoms with Crippen LogP contribution in [0, 0.1) is 0 Å². The number of amidine groups is 1. The monoisotopic (exact) mass is 461 g/mol. The molecule has 0 bridgehead atoms. The molecule has 164 valence electrons. The van der Waals surface area contributed by atoms with E-state index < -0.39 is 12.0 Å². The van der Waals surface area contributed by atoms with Gasteiger partial charge in [0.15, 0.2) is 5.17 Å². The van der Waals surface area contributed by atoms with E-state index in [1.807, 2.05) is 28.5 Å². The molecule has 31 heavy (non-hydrogen) atoms. The van der Waals surface area contributed by atoms with Crippen LogP contribution in [-0.4, -0.2) is 48.3 Å². The summed E-state index contributed by atoms with van der Waals surface area (Å²) in [6.45, 7) is 3.03. The first-order valence-electron chi connectivity index (χ1n) is 10.1. The molecule has 0 spiro atoms. The van der Waals surface area contributed by atoms with Crippen LogP contribution in [0.4, 0.5) is 0 Å². The molecule has 3 aliphatic rings. The van der Waals surface area contributed by atoms with Gasteiger partial charge >= 0.3 is 5.97 Å². The highest BCUT2D eigenvalue weighted by Gasteiger charge is 2.41. The summed E-state index contributed by atoms with van der Waals surface area (Å²) in [6.07, 6.45) is 2.23. The second-order valence-electron chi connectivity index (χ2n) is 7.52. The lowest BCUT2D eigenvalue weighted by molar-refractivity contribution is -0.136. The molecular formula is C22H24ClN3O4S. The third-order valence-corrected chi connectivity index (χ3v) is 6.73. The molecule has 1 aromatic rings. The molecule has 0 saturated carbocycles. The number of benzene rings is 1. The molecular weight excluding hydrogens is 438 g/mol. The average molecular weight is 462 g/mol. The molecule has 0 radical (unpaired) electrons. The Hall–Kier alpha value is -2.29. The normalized spacial score (nSPS) is 22.7. The van der Waals surface area contributed by atoms with Crippen LogP contribution in [0.15, 0.2) is 51.6 Å². The Balaban J connectivity index is 1.61. The van der Waals surface area contributed by atoms with Crippen molar-refractivity contribution in [3.8, 4) is 0 Å². The topological polar surface area (TPSA) is 80.2 Å². The fraction of sp³-hybridized carbons (Fsp3) is 0.409. The number of fused-ring (bicyclic) bond motifs is 1. The number of carbonyl (C=O) groups is 2. The minimum atomic E-state index is -0.527. The summed E-state index contributed by atoms with van der Waals surface area (Å²) >= 11 is 7.95. The summed E-state index contributed by atoms with van der Waals surface area (Å²) < 4.78 is 10.6. The molecule has 0 aliphatic carbocycles. The van der Waals surface area contributed by atoms with Gasteiger partial charge in [-0.05, 0) is 36.8 Å². The zero-order valence-corrected chi connectivity index (χ0v) is 19.0. The van der Waals surface area contributed by atoms with Crippen LogP contribution in [-0.2, 0) is 19.1 Å². The number of allylic oxidation sites excluding steroid dienone is 1. The Morgan fingerprint density at radius 2 is 2.19 bits per heavy atom. The quantitative estimate of drug-likeness (QED) is 0.649. The van der Waals surface area contributed by atoms with Crippen molar-refractivity contribution >= 4 is 40.4 Å². The van der Waals surface area contributed by atoms with Crippen molar-refractivity contribution in [2.75, 3.05) is 20.3 Å². The van der Waals surface area contributed by atoms with E-state index in [4.69, 9.17) is 21.1 Å². The Bertz CT molecular complexity index is 985. The van der Waals surface area contributed by atoms with E-state index in [1.165, 1.54) is 18.9 Å². The van der Waals surface area contributed by atoms with E-state index in [-0.39, 0.29) is 18.4 Å². The summed E-state index contributed by atoms with van der Waals surface area (Å²) in [4.78, 5) is 31.9. The number of amides is 1. The molecule has 3 heterocycles. The molecule has 4 rings (SSSR count). The number of nitrogens with one attached hydrogen (secondary N) is 1. The van der Waals surface area contributed by atoms with Gasteiger partial charge in [0.2, 0.25) is 5.91 Å². The molecule has 9 heteroatoms. The Morgan fingerprint density at radius 3 is 2.90 bits per heavy atom. The van der Waals surface area contributed by atoms with Gasteiger partial charge in [0.25, 0.3) is 0 Å². The van der Waals surface area contributed by atoms with Crippen LogP contribution < -0.4 is 5.32 Å². The number of nitrogens with zero attached hydrogens (tertiary/aromatic N) is 2. The van der Waals surface area contributed by atoms with Crippen molar-refractivity contribution in [1.29, 1.82) is 0 Å². The number of thioether (sulfide) groups is 1. The maximum Gasteiger partial charge on any atom is 0.338 e. The molecule has 1 saturated heterocycles. The van der Waals surface area contributed by atoms with E-state index in [0.29, 0.717) is 28.0 Å². The largest absolute Gasteiger partial charge is 0.466 e. The summed E-state index contributed by atoms with van der Waals surface area (Å²) in [5.41, 5.74) is 2.50. The standard InChI is InChI=1S/C22H24ClN3O4S/c1-13-19(21(28)29-2)20(16-7-3-4-8-17(16)23)26-14(12-31-22(26)25-13)10-18(27)24-11-15-6-5-9-30-15/h3-4,7-8,12,15,20H,5-6,9-11H2,1-2H3,(H,24,27). The third-order valence-electron chi connectivity index (χ3n) is 5.50. The van der Waals surface area contributed by atoms with E-state index in [0.717, 1.165) is 30.7 Å². The predicted octanol–water partition coefficient (Wildman–Crippen LogP) is 3.77. The van der Waals surface area contributed by atoms with Gasteiger partial charge in [0.05, 0.1) is 36.9 Å². The number of hydrogen-bond donors (Lipinski definition) is 1. The molecule has 3 aliphatic heterocycles. The van der Waals surface area contributed by atoms with E-state index >= 15 is 0 Å². The molecule has 1 aromatic carbocycles. The fourth-order valence-electron chi connectivity index (χ4n) is 3.99.